The molecule has 0 bridgehead atoms. The Morgan fingerprint density at radius 3 is 1.77 bits per heavy atom. The average Bonchev–Trinajstić information content (AvgIpc) is 2.82. The molecule has 4 aromatic carbocycles. The van der Waals surface area contributed by atoms with Gasteiger partial charge in [-0.25, -0.2) is 0 Å². The van der Waals surface area contributed by atoms with Crippen molar-refractivity contribution in [2.75, 3.05) is 5.32 Å². The van der Waals surface area contributed by atoms with Gasteiger partial charge in [0.15, 0.2) is 0 Å². The van der Waals surface area contributed by atoms with Gasteiger partial charge >= 0.3 is 0 Å². The van der Waals surface area contributed by atoms with E-state index < -0.39 is 5.92 Å². The van der Waals surface area contributed by atoms with Crippen LogP contribution in [0, 0.1) is 0 Å². The Bertz CT molecular complexity index is 1210. The molecular weight excluding hydrogens is 386 g/mol. The Morgan fingerprint density at radius 2 is 1.16 bits per heavy atom. The Morgan fingerprint density at radius 1 is 0.645 bits per heavy atom. The topological polar surface area (TPSA) is 63.0 Å². The number of amides is 1. The van der Waals surface area contributed by atoms with E-state index in [2.05, 4.69) is 15.5 Å². The predicted molar refractivity (Wildman–Crippen MR) is 120 cm³/mol. The lowest BCUT2D eigenvalue weighted by Crippen LogP contribution is -2.25. The zero-order valence-corrected chi connectivity index (χ0v) is 16.6. The Balaban J connectivity index is 1.37. The second-order valence-corrected chi connectivity index (χ2v) is 7.18. The maximum atomic E-state index is 13.3. The number of nitrogens with one attached hydrogen (secondary N) is 1. The van der Waals surface area contributed by atoms with Crippen LogP contribution in [-0.4, -0.2) is 5.91 Å². The molecule has 0 radical (unpaired) electrons. The highest BCUT2D eigenvalue weighted by Gasteiger charge is 2.32. The first-order valence-electron chi connectivity index (χ1n) is 10.0. The van der Waals surface area contributed by atoms with E-state index in [1.165, 1.54) is 0 Å². The first kappa shape index (κ1) is 18.8. The van der Waals surface area contributed by atoms with Crippen molar-refractivity contribution in [3.63, 3.8) is 0 Å². The van der Waals surface area contributed by atoms with Crippen LogP contribution in [0.3, 0.4) is 0 Å². The summed E-state index contributed by atoms with van der Waals surface area (Å²) in [5.41, 5.74) is 3.91. The Hall–Kier alpha value is -4.25. The molecule has 0 fully saturated rings. The van der Waals surface area contributed by atoms with Crippen LogP contribution in [0.5, 0.6) is 11.5 Å². The molecule has 1 aliphatic heterocycles. The number of ether oxygens (including phenoxy) is 1. The average molecular weight is 405 g/mol. The number of anilines is 1. The van der Waals surface area contributed by atoms with Gasteiger partial charge < -0.3 is 10.1 Å². The third kappa shape index (κ3) is 3.94. The van der Waals surface area contributed by atoms with Gasteiger partial charge in [-0.1, -0.05) is 54.6 Å². The molecule has 1 N–H and O–H groups in total. The molecule has 5 nitrogen and oxygen atoms in total. The standard InChI is InChI=1S/C26H19N3O2/c30-26(25-21-10-4-6-12-23(21)31-24-13-7-5-11-22(24)25)27-18-14-16-20(17-15-18)29-28-19-8-2-1-3-9-19/h1-17,25H,(H,27,30). The van der Waals surface area contributed by atoms with E-state index in [0.29, 0.717) is 22.9 Å². The number of para-hydroxylation sites is 2. The third-order valence-corrected chi connectivity index (χ3v) is 5.11. The van der Waals surface area contributed by atoms with E-state index in [1.807, 2.05) is 103 Å². The van der Waals surface area contributed by atoms with Crippen LogP contribution in [-0.2, 0) is 4.79 Å². The summed E-state index contributed by atoms with van der Waals surface area (Å²) in [5.74, 6) is 0.858. The van der Waals surface area contributed by atoms with Crippen molar-refractivity contribution in [3.8, 4) is 11.5 Å². The van der Waals surface area contributed by atoms with Gasteiger partial charge in [0, 0.05) is 16.8 Å². The zero-order valence-electron chi connectivity index (χ0n) is 16.6. The largest absolute Gasteiger partial charge is 0.457 e. The Labute approximate surface area is 180 Å². The number of hydrogen-bond acceptors (Lipinski definition) is 4. The first-order valence-corrected chi connectivity index (χ1v) is 10.0. The Kier molecular flexibility index (Phi) is 4.99. The zero-order chi connectivity index (χ0) is 21.0. The van der Waals surface area contributed by atoms with E-state index in [9.17, 15) is 4.79 Å². The maximum absolute atomic E-state index is 13.3. The number of carbonyl (C=O) groups is 1. The fourth-order valence-electron chi connectivity index (χ4n) is 3.63. The van der Waals surface area contributed by atoms with Crippen LogP contribution in [0.1, 0.15) is 17.0 Å². The van der Waals surface area contributed by atoms with Crippen molar-refractivity contribution in [2.24, 2.45) is 10.2 Å². The van der Waals surface area contributed by atoms with E-state index in [-0.39, 0.29) is 5.91 Å². The van der Waals surface area contributed by atoms with Gasteiger partial charge in [-0.2, -0.15) is 10.2 Å². The first-order chi connectivity index (χ1) is 15.3. The molecule has 0 atom stereocenters. The minimum atomic E-state index is -0.446. The molecule has 0 aromatic heterocycles. The van der Waals surface area contributed by atoms with Crippen LogP contribution < -0.4 is 10.1 Å². The van der Waals surface area contributed by atoms with Crippen LogP contribution >= 0.6 is 0 Å². The number of nitrogens with zero attached hydrogens (tertiary/aromatic N) is 2. The van der Waals surface area contributed by atoms with Gasteiger partial charge in [0.25, 0.3) is 0 Å². The van der Waals surface area contributed by atoms with Gasteiger partial charge in [-0.05, 0) is 48.5 Å². The monoisotopic (exact) mass is 405 g/mol. The quantitative estimate of drug-likeness (QED) is 0.372. The molecular formula is C26H19N3O2. The molecule has 150 valence electrons. The second-order valence-electron chi connectivity index (χ2n) is 7.18. The highest BCUT2D eigenvalue weighted by molar-refractivity contribution is 5.99. The lowest BCUT2D eigenvalue weighted by atomic mass is 9.87. The lowest BCUT2D eigenvalue weighted by Gasteiger charge is -2.27. The molecule has 1 amide bonds. The van der Waals surface area contributed by atoms with Gasteiger partial charge in [-0.15, -0.1) is 0 Å². The predicted octanol–water partition coefficient (Wildman–Crippen LogP) is 6.98. The molecule has 4 aromatic rings. The highest BCUT2D eigenvalue weighted by Crippen LogP contribution is 2.44. The second kappa shape index (κ2) is 8.24. The van der Waals surface area contributed by atoms with Gasteiger partial charge in [0.2, 0.25) is 5.91 Å². The molecule has 5 rings (SSSR count). The number of azo groups is 1. The molecule has 0 saturated heterocycles. The van der Waals surface area contributed by atoms with Crippen molar-refractivity contribution >= 4 is 23.0 Å². The van der Waals surface area contributed by atoms with Crippen LogP contribution in [0.4, 0.5) is 17.1 Å². The number of carbonyl (C=O) groups excluding carboxylic acids is 1. The fraction of sp³-hybridized carbons (Fsp3) is 0.0385. The summed E-state index contributed by atoms with van der Waals surface area (Å²) >= 11 is 0. The number of fused-ring (bicyclic) bond motifs is 2. The minimum Gasteiger partial charge on any atom is -0.457 e. The molecule has 5 heteroatoms. The van der Waals surface area contributed by atoms with Crippen LogP contribution in [0.25, 0.3) is 0 Å². The summed E-state index contributed by atoms with van der Waals surface area (Å²) in [4.78, 5) is 13.3. The van der Waals surface area contributed by atoms with Crippen molar-refractivity contribution in [3.05, 3.63) is 114 Å². The van der Waals surface area contributed by atoms with E-state index >= 15 is 0 Å². The summed E-state index contributed by atoms with van der Waals surface area (Å²) in [6.45, 7) is 0. The van der Waals surface area contributed by atoms with Crippen LogP contribution in [0.2, 0.25) is 0 Å². The van der Waals surface area contributed by atoms with E-state index in [1.54, 1.807) is 0 Å². The summed E-state index contributed by atoms with van der Waals surface area (Å²) in [7, 11) is 0. The highest BCUT2D eigenvalue weighted by atomic mass is 16.5. The van der Waals surface area contributed by atoms with E-state index in [4.69, 9.17) is 4.74 Å². The summed E-state index contributed by atoms with van der Waals surface area (Å²) in [6.07, 6.45) is 0. The fourth-order valence-corrected chi connectivity index (χ4v) is 3.63. The minimum absolute atomic E-state index is 0.109. The van der Waals surface area contributed by atoms with Crippen molar-refractivity contribution < 1.29 is 9.53 Å². The summed E-state index contributed by atoms with van der Waals surface area (Å²) in [6, 6.07) is 32.2. The molecule has 0 aliphatic carbocycles. The third-order valence-electron chi connectivity index (χ3n) is 5.11. The summed E-state index contributed by atoms with van der Waals surface area (Å²) in [5, 5.41) is 11.5. The summed E-state index contributed by atoms with van der Waals surface area (Å²) < 4.78 is 5.98. The van der Waals surface area contributed by atoms with Crippen LogP contribution in [0.15, 0.2) is 113 Å². The molecule has 0 spiro atoms. The molecule has 31 heavy (non-hydrogen) atoms. The SMILES string of the molecule is O=C(Nc1ccc(N=Nc2ccccc2)cc1)C1c2ccccc2Oc2ccccc21. The van der Waals surface area contributed by atoms with Crippen molar-refractivity contribution in [1.29, 1.82) is 0 Å². The maximum Gasteiger partial charge on any atom is 0.236 e. The van der Waals surface area contributed by atoms with Crippen molar-refractivity contribution in [2.45, 2.75) is 5.92 Å². The number of rotatable bonds is 4. The normalized spacial score (nSPS) is 12.6. The molecule has 0 saturated carbocycles. The number of benzene rings is 4. The molecule has 1 aliphatic rings. The van der Waals surface area contributed by atoms with E-state index in [0.717, 1.165) is 16.8 Å². The van der Waals surface area contributed by atoms with Gasteiger partial charge in [0.1, 0.15) is 11.5 Å². The number of hydrogen-bond donors (Lipinski definition) is 1. The molecule has 1 heterocycles. The van der Waals surface area contributed by atoms with Gasteiger partial charge in [-0.3, -0.25) is 4.79 Å². The lowest BCUT2D eigenvalue weighted by molar-refractivity contribution is -0.116. The molecule has 0 unspecified atom stereocenters. The van der Waals surface area contributed by atoms with Crippen molar-refractivity contribution in [1.82, 2.24) is 0 Å². The van der Waals surface area contributed by atoms with Gasteiger partial charge in [0.05, 0.1) is 17.3 Å². The smallest absolute Gasteiger partial charge is 0.236 e.